The monoisotopic (exact) mass is 240 g/mol. The summed E-state index contributed by atoms with van der Waals surface area (Å²) in [6, 6.07) is 14.7. The minimum absolute atomic E-state index is 0.0859. The van der Waals surface area contributed by atoms with Crippen LogP contribution in [0.1, 0.15) is 22.8 Å². The van der Waals surface area contributed by atoms with Gasteiger partial charge in [0.1, 0.15) is 0 Å². The van der Waals surface area contributed by atoms with Crippen molar-refractivity contribution in [3.8, 4) is 0 Å². The highest BCUT2D eigenvalue weighted by Crippen LogP contribution is 2.14. The van der Waals surface area contributed by atoms with Gasteiger partial charge in [0, 0.05) is 16.9 Å². The molecule has 3 N–H and O–H groups in total. The molecule has 3 heteroatoms. The largest absolute Gasteiger partial charge is 0.399 e. The van der Waals surface area contributed by atoms with Crippen LogP contribution in [0.25, 0.3) is 0 Å². The van der Waals surface area contributed by atoms with Gasteiger partial charge in [-0.05, 0) is 42.3 Å². The van der Waals surface area contributed by atoms with Gasteiger partial charge in [-0.1, -0.05) is 25.1 Å². The first-order valence-electron chi connectivity index (χ1n) is 5.95. The van der Waals surface area contributed by atoms with E-state index >= 15 is 0 Å². The van der Waals surface area contributed by atoms with Crippen molar-refractivity contribution in [2.75, 3.05) is 11.1 Å². The summed E-state index contributed by atoms with van der Waals surface area (Å²) in [6.45, 7) is 2.04. The first-order chi connectivity index (χ1) is 8.70. The van der Waals surface area contributed by atoms with Crippen LogP contribution in [0.5, 0.6) is 0 Å². The van der Waals surface area contributed by atoms with Crippen LogP contribution in [0.2, 0.25) is 0 Å². The zero-order chi connectivity index (χ0) is 13.0. The van der Waals surface area contributed by atoms with Crippen molar-refractivity contribution in [1.29, 1.82) is 0 Å². The number of hydrogen-bond donors (Lipinski definition) is 2. The van der Waals surface area contributed by atoms with Gasteiger partial charge < -0.3 is 11.1 Å². The molecule has 0 unspecified atom stereocenters. The topological polar surface area (TPSA) is 55.1 Å². The molecule has 0 spiro atoms. The smallest absolute Gasteiger partial charge is 0.255 e. The van der Waals surface area contributed by atoms with E-state index in [-0.39, 0.29) is 5.91 Å². The molecule has 1 amide bonds. The van der Waals surface area contributed by atoms with Crippen LogP contribution in [0, 0.1) is 0 Å². The number of amides is 1. The summed E-state index contributed by atoms with van der Waals surface area (Å²) in [7, 11) is 0. The van der Waals surface area contributed by atoms with E-state index in [1.54, 1.807) is 24.3 Å². The molecule has 3 nitrogen and oxygen atoms in total. The SMILES string of the molecule is CCc1ccccc1C(=O)Nc1ccc(N)cc1. The zero-order valence-corrected chi connectivity index (χ0v) is 10.3. The third-order valence-corrected chi connectivity index (χ3v) is 2.81. The Balaban J connectivity index is 2.19. The van der Waals surface area contributed by atoms with Gasteiger partial charge in [0.2, 0.25) is 0 Å². The van der Waals surface area contributed by atoms with E-state index in [4.69, 9.17) is 5.73 Å². The van der Waals surface area contributed by atoms with E-state index in [0.717, 1.165) is 23.2 Å². The van der Waals surface area contributed by atoms with Crippen molar-refractivity contribution in [2.24, 2.45) is 0 Å². The highest BCUT2D eigenvalue weighted by Gasteiger charge is 2.09. The molecule has 2 rings (SSSR count). The second-order valence-corrected chi connectivity index (χ2v) is 4.09. The first kappa shape index (κ1) is 12.2. The fraction of sp³-hybridized carbons (Fsp3) is 0.133. The van der Waals surface area contributed by atoms with Crippen molar-refractivity contribution in [2.45, 2.75) is 13.3 Å². The van der Waals surface area contributed by atoms with Crippen LogP contribution in [-0.2, 0) is 6.42 Å². The summed E-state index contributed by atoms with van der Waals surface area (Å²) < 4.78 is 0. The minimum atomic E-state index is -0.0859. The fourth-order valence-corrected chi connectivity index (χ4v) is 1.82. The van der Waals surface area contributed by atoms with E-state index in [0.29, 0.717) is 5.69 Å². The lowest BCUT2D eigenvalue weighted by atomic mass is 10.0. The predicted molar refractivity (Wildman–Crippen MR) is 74.6 cm³/mol. The van der Waals surface area contributed by atoms with Gasteiger partial charge in [-0.3, -0.25) is 4.79 Å². The van der Waals surface area contributed by atoms with E-state index < -0.39 is 0 Å². The minimum Gasteiger partial charge on any atom is -0.399 e. The Labute approximate surface area is 107 Å². The standard InChI is InChI=1S/C15H16N2O/c1-2-11-5-3-4-6-14(11)15(18)17-13-9-7-12(16)8-10-13/h3-10H,2,16H2,1H3,(H,17,18). The molecule has 0 aliphatic rings. The number of benzene rings is 2. The summed E-state index contributed by atoms with van der Waals surface area (Å²) >= 11 is 0. The Hall–Kier alpha value is -2.29. The van der Waals surface area contributed by atoms with Crippen molar-refractivity contribution >= 4 is 17.3 Å². The lowest BCUT2D eigenvalue weighted by Gasteiger charge is -2.09. The third kappa shape index (κ3) is 2.69. The second kappa shape index (κ2) is 5.36. The van der Waals surface area contributed by atoms with Gasteiger partial charge in [-0.2, -0.15) is 0 Å². The van der Waals surface area contributed by atoms with Gasteiger partial charge in [0.25, 0.3) is 5.91 Å². The van der Waals surface area contributed by atoms with Crippen LogP contribution in [0.3, 0.4) is 0 Å². The highest BCUT2D eigenvalue weighted by molar-refractivity contribution is 6.05. The number of carbonyl (C=O) groups is 1. The average molecular weight is 240 g/mol. The lowest BCUT2D eigenvalue weighted by molar-refractivity contribution is 0.102. The molecule has 0 heterocycles. The van der Waals surface area contributed by atoms with Crippen molar-refractivity contribution in [3.63, 3.8) is 0 Å². The van der Waals surface area contributed by atoms with Gasteiger partial charge in [0.15, 0.2) is 0 Å². The molecule has 0 aliphatic carbocycles. The van der Waals surface area contributed by atoms with Crippen LogP contribution in [0.4, 0.5) is 11.4 Å². The molecule has 0 saturated heterocycles. The second-order valence-electron chi connectivity index (χ2n) is 4.09. The van der Waals surface area contributed by atoms with Gasteiger partial charge in [0.05, 0.1) is 0 Å². The van der Waals surface area contributed by atoms with Crippen LogP contribution in [-0.4, -0.2) is 5.91 Å². The summed E-state index contributed by atoms with van der Waals surface area (Å²) in [5.41, 5.74) is 8.80. The van der Waals surface area contributed by atoms with Crippen molar-refractivity contribution in [3.05, 3.63) is 59.7 Å². The van der Waals surface area contributed by atoms with E-state index in [1.807, 2.05) is 31.2 Å². The molecule has 0 bridgehead atoms. The highest BCUT2D eigenvalue weighted by atomic mass is 16.1. The van der Waals surface area contributed by atoms with Gasteiger partial charge in [-0.15, -0.1) is 0 Å². The van der Waals surface area contributed by atoms with Crippen molar-refractivity contribution < 1.29 is 4.79 Å². The molecular weight excluding hydrogens is 224 g/mol. The molecule has 18 heavy (non-hydrogen) atoms. The number of carbonyl (C=O) groups excluding carboxylic acids is 1. The number of rotatable bonds is 3. The average Bonchev–Trinajstić information content (AvgIpc) is 2.41. The van der Waals surface area contributed by atoms with E-state index in [9.17, 15) is 4.79 Å². The Morgan fingerprint density at radius 2 is 1.78 bits per heavy atom. The number of anilines is 2. The maximum atomic E-state index is 12.1. The van der Waals surface area contributed by atoms with Crippen molar-refractivity contribution in [1.82, 2.24) is 0 Å². The number of nitrogens with one attached hydrogen (secondary N) is 1. The number of aryl methyl sites for hydroxylation is 1. The van der Waals surface area contributed by atoms with E-state index in [1.165, 1.54) is 0 Å². The van der Waals surface area contributed by atoms with Crippen LogP contribution >= 0.6 is 0 Å². The van der Waals surface area contributed by atoms with Crippen LogP contribution < -0.4 is 11.1 Å². The molecule has 92 valence electrons. The summed E-state index contributed by atoms with van der Waals surface area (Å²) in [5, 5.41) is 2.87. The number of nitrogens with two attached hydrogens (primary N) is 1. The Kier molecular flexibility index (Phi) is 3.63. The fourth-order valence-electron chi connectivity index (χ4n) is 1.82. The Morgan fingerprint density at radius 1 is 1.11 bits per heavy atom. The number of hydrogen-bond acceptors (Lipinski definition) is 2. The van der Waals surface area contributed by atoms with Crippen LogP contribution in [0.15, 0.2) is 48.5 Å². The maximum absolute atomic E-state index is 12.1. The van der Waals surface area contributed by atoms with Gasteiger partial charge in [-0.25, -0.2) is 0 Å². The molecular formula is C15H16N2O. The quantitative estimate of drug-likeness (QED) is 0.810. The van der Waals surface area contributed by atoms with Gasteiger partial charge >= 0.3 is 0 Å². The molecule has 0 aliphatic heterocycles. The summed E-state index contributed by atoms with van der Waals surface area (Å²) in [5.74, 6) is -0.0859. The summed E-state index contributed by atoms with van der Waals surface area (Å²) in [6.07, 6.45) is 0.839. The molecule has 0 radical (unpaired) electrons. The zero-order valence-electron chi connectivity index (χ0n) is 10.3. The normalized spacial score (nSPS) is 10.1. The molecule has 0 saturated carbocycles. The Morgan fingerprint density at radius 3 is 2.44 bits per heavy atom. The molecule has 0 fully saturated rings. The first-order valence-corrected chi connectivity index (χ1v) is 5.95. The maximum Gasteiger partial charge on any atom is 0.255 e. The predicted octanol–water partition coefficient (Wildman–Crippen LogP) is 3.08. The summed E-state index contributed by atoms with van der Waals surface area (Å²) in [4.78, 5) is 12.1. The third-order valence-electron chi connectivity index (χ3n) is 2.81. The Bertz CT molecular complexity index is 547. The molecule has 2 aromatic rings. The lowest BCUT2D eigenvalue weighted by Crippen LogP contribution is -2.13. The van der Waals surface area contributed by atoms with E-state index in [2.05, 4.69) is 5.32 Å². The molecule has 0 aromatic heterocycles. The molecule has 0 atom stereocenters. The number of nitrogen functional groups attached to an aromatic ring is 1. The molecule has 2 aromatic carbocycles.